The Labute approximate surface area is 455 Å². The molecule has 21 heteroatoms. The SMILES string of the molecule is COC(=O)Nc1ccc(C#Cc2cc(CN3CCN(Cc4cc(C#Cc5ccc(NC(=O)OC)cc5)cc(C(=O)OC)n4)CN(Cc4cc(C#Cc5ccc(NC(=O)OC)cc5)cc(C(=O)OC)n4)C3)nc(C(=O)OC)c2)cc1. The van der Waals surface area contributed by atoms with E-state index >= 15 is 0 Å². The molecular formula is C58H53N9O12. The van der Waals surface area contributed by atoms with Gasteiger partial charge in [-0.25, -0.2) is 43.7 Å². The summed E-state index contributed by atoms with van der Waals surface area (Å²) in [5.74, 6) is 16.8. The van der Waals surface area contributed by atoms with E-state index in [2.05, 4.69) is 90.4 Å². The number of hydrogen-bond acceptors (Lipinski definition) is 18. The third kappa shape index (κ3) is 16.9. The third-order valence-corrected chi connectivity index (χ3v) is 11.5. The quantitative estimate of drug-likeness (QED) is 0.0656. The number of nitrogens with one attached hydrogen (secondary N) is 3. The summed E-state index contributed by atoms with van der Waals surface area (Å²) in [6, 6.07) is 30.6. The maximum absolute atomic E-state index is 13.1. The van der Waals surface area contributed by atoms with Crippen molar-refractivity contribution in [2.45, 2.75) is 19.6 Å². The number of benzene rings is 3. The summed E-state index contributed by atoms with van der Waals surface area (Å²) in [7, 11) is 7.63. The zero-order chi connectivity index (χ0) is 56.3. The highest BCUT2D eigenvalue weighted by Gasteiger charge is 2.25. The molecule has 6 aromatic rings. The average Bonchev–Trinajstić information content (AvgIpc) is 3.68. The lowest BCUT2D eigenvalue weighted by molar-refractivity contribution is 0.0584. The van der Waals surface area contributed by atoms with Gasteiger partial charge in [0.2, 0.25) is 0 Å². The topological polar surface area (TPSA) is 242 Å². The molecule has 1 aliphatic heterocycles. The summed E-state index contributed by atoms with van der Waals surface area (Å²) in [5.41, 5.74) is 6.71. The Bertz CT molecular complexity index is 3270. The molecule has 0 spiro atoms. The summed E-state index contributed by atoms with van der Waals surface area (Å²) in [6.07, 6.45) is -1.82. The zero-order valence-corrected chi connectivity index (χ0v) is 43.9. The largest absolute Gasteiger partial charge is 0.464 e. The molecule has 1 aliphatic rings. The van der Waals surface area contributed by atoms with Crippen LogP contribution in [0.5, 0.6) is 0 Å². The van der Waals surface area contributed by atoms with Crippen molar-refractivity contribution in [3.8, 4) is 35.5 Å². The van der Waals surface area contributed by atoms with E-state index in [0.29, 0.717) is 94.0 Å². The van der Waals surface area contributed by atoms with Crippen molar-refractivity contribution in [3.63, 3.8) is 0 Å². The molecule has 3 N–H and O–H groups in total. The van der Waals surface area contributed by atoms with Gasteiger partial charge in [0.15, 0.2) is 0 Å². The van der Waals surface area contributed by atoms with Gasteiger partial charge in [0, 0.05) is 83.2 Å². The molecule has 0 unspecified atom stereocenters. The monoisotopic (exact) mass is 1070 g/mol. The van der Waals surface area contributed by atoms with Gasteiger partial charge in [0.1, 0.15) is 17.1 Å². The molecule has 0 aliphatic carbocycles. The molecule has 402 valence electrons. The second-order valence-corrected chi connectivity index (χ2v) is 17.2. The van der Waals surface area contributed by atoms with Gasteiger partial charge in [-0.05, 0) is 109 Å². The van der Waals surface area contributed by atoms with Gasteiger partial charge in [0.05, 0.1) is 73.1 Å². The van der Waals surface area contributed by atoms with Crippen LogP contribution >= 0.6 is 0 Å². The Kier molecular flexibility index (Phi) is 19.8. The van der Waals surface area contributed by atoms with E-state index in [1.165, 1.54) is 42.7 Å². The number of anilines is 3. The van der Waals surface area contributed by atoms with Crippen LogP contribution in [0.15, 0.2) is 109 Å². The van der Waals surface area contributed by atoms with Gasteiger partial charge in [-0.2, -0.15) is 0 Å². The second kappa shape index (κ2) is 27.6. The smallest absolute Gasteiger partial charge is 0.411 e. The minimum Gasteiger partial charge on any atom is -0.464 e. The van der Waals surface area contributed by atoms with Gasteiger partial charge in [-0.1, -0.05) is 35.5 Å². The maximum atomic E-state index is 13.1. The van der Waals surface area contributed by atoms with Gasteiger partial charge in [-0.3, -0.25) is 30.7 Å². The van der Waals surface area contributed by atoms with Crippen LogP contribution in [0.2, 0.25) is 0 Å². The lowest BCUT2D eigenvalue weighted by Crippen LogP contribution is -2.38. The number of carbonyl (C=O) groups is 6. The maximum Gasteiger partial charge on any atom is 0.411 e. The normalized spacial score (nSPS) is 12.2. The van der Waals surface area contributed by atoms with Crippen LogP contribution in [0.25, 0.3) is 0 Å². The molecule has 3 aromatic carbocycles. The van der Waals surface area contributed by atoms with Crippen molar-refractivity contribution in [1.82, 2.24) is 29.7 Å². The summed E-state index contributed by atoms with van der Waals surface area (Å²) >= 11 is 0. The van der Waals surface area contributed by atoms with E-state index in [1.54, 1.807) is 109 Å². The Hall–Kier alpha value is -10.1. The number of methoxy groups -OCH3 is 6. The number of rotatable bonds is 12. The van der Waals surface area contributed by atoms with Crippen LogP contribution < -0.4 is 16.0 Å². The zero-order valence-electron chi connectivity index (χ0n) is 43.9. The van der Waals surface area contributed by atoms with E-state index < -0.39 is 36.2 Å². The highest BCUT2D eigenvalue weighted by atomic mass is 16.6. The van der Waals surface area contributed by atoms with Gasteiger partial charge >= 0.3 is 36.2 Å². The number of pyridine rings is 3. The molecule has 0 radical (unpaired) electrons. The van der Waals surface area contributed by atoms with E-state index in [-0.39, 0.29) is 36.7 Å². The fraction of sp³-hybridized carbons (Fsp3) is 0.224. The molecule has 21 nitrogen and oxygen atoms in total. The Balaban J connectivity index is 1.21. The minimum atomic E-state index is -0.659. The first-order valence-corrected chi connectivity index (χ1v) is 24.1. The number of carbonyl (C=O) groups excluding carboxylic acids is 6. The summed E-state index contributed by atoms with van der Waals surface area (Å²) in [6.45, 7) is 2.37. The molecule has 0 saturated carbocycles. The van der Waals surface area contributed by atoms with Gasteiger partial charge in [0.25, 0.3) is 0 Å². The fourth-order valence-corrected chi connectivity index (χ4v) is 7.78. The fourth-order valence-electron chi connectivity index (χ4n) is 7.78. The molecule has 3 aromatic heterocycles. The lowest BCUT2D eigenvalue weighted by atomic mass is 10.1. The summed E-state index contributed by atoms with van der Waals surface area (Å²) in [4.78, 5) is 94.7. The van der Waals surface area contributed by atoms with E-state index in [9.17, 15) is 28.8 Å². The van der Waals surface area contributed by atoms with Crippen LogP contribution in [-0.2, 0) is 48.1 Å². The summed E-state index contributed by atoms with van der Waals surface area (Å²) in [5, 5.41) is 7.80. The number of amides is 3. The van der Waals surface area contributed by atoms with Crippen LogP contribution in [-0.4, -0.2) is 135 Å². The molecule has 7 rings (SSSR count). The Morgan fingerprint density at radius 3 is 0.911 bits per heavy atom. The molecule has 1 fully saturated rings. The third-order valence-electron chi connectivity index (χ3n) is 11.5. The van der Waals surface area contributed by atoms with Crippen molar-refractivity contribution in [2.24, 2.45) is 0 Å². The second-order valence-electron chi connectivity index (χ2n) is 17.2. The first-order valence-electron chi connectivity index (χ1n) is 24.1. The van der Waals surface area contributed by atoms with E-state index in [0.717, 1.165) is 0 Å². The Morgan fingerprint density at radius 2 is 0.646 bits per heavy atom. The molecule has 0 bridgehead atoms. The van der Waals surface area contributed by atoms with Crippen LogP contribution in [0, 0.1) is 35.5 Å². The van der Waals surface area contributed by atoms with Crippen LogP contribution in [0.1, 0.15) is 81.9 Å². The predicted molar refractivity (Wildman–Crippen MR) is 288 cm³/mol. The van der Waals surface area contributed by atoms with Gasteiger partial charge < -0.3 is 28.4 Å². The summed E-state index contributed by atoms with van der Waals surface area (Å²) < 4.78 is 29.3. The van der Waals surface area contributed by atoms with E-state index in [1.807, 2.05) is 0 Å². The van der Waals surface area contributed by atoms with Crippen molar-refractivity contribution in [3.05, 3.63) is 177 Å². The Morgan fingerprint density at radius 1 is 0.380 bits per heavy atom. The van der Waals surface area contributed by atoms with Crippen LogP contribution in [0.3, 0.4) is 0 Å². The molecule has 79 heavy (non-hydrogen) atoms. The first kappa shape index (κ1) is 56.6. The van der Waals surface area contributed by atoms with Crippen molar-refractivity contribution < 1.29 is 57.2 Å². The molecule has 4 heterocycles. The number of esters is 3. The number of ether oxygens (including phenoxy) is 6. The van der Waals surface area contributed by atoms with E-state index in [4.69, 9.17) is 19.2 Å². The molecule has 0 atom stereocenters. The molecular weight excluding hydrogens is 1010 g/mol. The highest BCUT2D eigenvalue weighted by Crippen LogP contribution is 2.20. The average molecular weight is 1070 g/mol. The predicted octanol–water partition coefficient (Wildman–Crippen LogP) is 6.70. The first-order chi connectivity index (χ1) is 38.2. The standard InChI is InChI=1S/C58H53N9O12/c1-74-53(68)50-30-41(10-7-38-13-19-44(20-14-38)62-56(71)77-4)27-47(59-50)33-65-25-26-66(34-48-28-42(31-51(60-48)54(69)75-2)11-8-39-15-21-45(22-16-39)63-57(72)78-5)37-67(36-65)35-49-29-43(32-52(61-49)55(70)76-3)12-9-40-17-23-46(24-18-40)64-58(73)79-6/h13-24,27-32H,25-26,33-37H2,1-6H3,(H,62,71)(H,63,72)(H,64,73). The van der Waals surface area contributed by atoms with Crippen molar-refractivity contribution in [2.75, 3.05) is 85.0 Å². The minimum absolute atomic E-state index is 0.0444. The molecule has 3 amide bonds. The van der Waals surface area contributed by atoms with Crippen molar-refractivity contribution in [1.29, 1.82) is 0 Å². The number of nitrogens with zero attached hydrogens (tertiary/aromatic N) is 6. The van der Waals surface area contributed by atoms with Crippen LogP contribution in [0.4, 0.5) is 31.4 Å². The lowest BCUT2D eigenvalue weighted by Gasteiger charge is -2.28. The van der Waals surface area contributed by atoms with Gasteiger partial charge in [-0.15, -0.1) is 0 Å². The number of aromatic nitrogens is 3. The highest BCUT2D eigenvalue weighted by molar-refractivity contribution is 5.89. The molecule has 1 saturated heterocycles. The van der Waals surface area contributed by atoms with Crippen molar-refractivity contribution >= 4 is 53.2 Å². The number of hydrogen-bond donors (Lipinski definition) is 3.